The maximum Gasteiger partial charge on any atom is 0.326 e. The zero-order valence-corrected chi connectivity index (χ0v) is 7.89. The van der Waals surface area contributed by atoms with Crippen molar-refractivity contribution in [2.45, 2.75) is 18.9 Å². The van der Waals surface area contributed by atoms with Gasteiger partial charge in [0, 0.05) is 5.92 Å². The summed E-state index contributed by atoms with van der Waals surface area (Å²) in [6.07, 6.45) is 2.38. The van der Waals surface area contributed by atoms with Crippen LogP contribution in [0.1, 0.15) is 13.3 Å². The highest BCUT2D eigenvalue weighted by Gasteiger charge is 2.56. The molecule has 1 fully saturated rings. The first kappa shape index (κ1) is 11.5. The number of hydrogen-bond acceptors (Lipinski definition) is 3. The van der Waals surface area contributed by atoms with Crippen LogP contribution in [-0.4, -0.2) is 18.1 Å². The molecular formula is C8H14ClNO2. The predicted molar refractivity (Wildman–Crippen MR) is 49.1 cm³/mol. The van der Waals surface area contributed by atoms with E-state index in [2.05, 4.69) is 6.58 Å². The molecule has 0 amide bonds. The first-order valence-corrected chi connectivity index (χ1v) is 3.73. The van der Waals surface area contributed by atoms with E-state index in [9.17, 15) is 4.79 Å². The Labute approximate surface area is 78.4 Å². The molecule has 2 atom stereocenters. The van der Waals surface area contributed by atoms with Gasteiger partial charge in [-0.1, -0.05) is 6.08 Å². The molecule has 1 rings (SSSR count). The third kappa shape index (κ3) is 1.79. The van der Waals surface area contributed by atoms with Crippen molar-refractivity contribution in [1.82, 2.24) is 0 Å². The van der Waals surface area contributed by atoms with Crippen LogP contribution in [0.15, 0.2) is 12.7 Å². The molecule has 3 nitrogen and oxygen atoms in total. The van der Waals surface area contributed by atoms with Gasteiger partial charge in [-0.3, -0.25) is 4.79 Å². The van der Waals surface area contributed by atoms with E-state index in [1.807, 2.05) is 0 Å². The fourth-order valence-corrected chi connectivity index (χ4v) is 1.10. The Morgan fingerprint density at radius 1 is 1.92 bits per heavy atom. The molecular weight excluding hydrogens is 178 g/mol. The number of nitrogens with two attached hydrogens (primary N) is 1. The van der Waals surface area contributed by atoms with Crippen LogP contribution in [0.2, 0.25) is 0 Å². The summed E-state index contributed by atoms with van der Waals surface area (Å²) in [5.74, 6) is -0.188. The highest BCUT2D eigenvalue weighted by Crippen LogP contribution is 2.42. The van der Waals surface area contributed by atoms with E-state index < -0.39 is 5.54 Å². The molecule has 0 radical (unpaired) electrons. The number of rotatable bonds is 3. The summed E-state index contributed by atoms with van der Waals surface area (Å²) in [5, 5.41) is 0. The van der Waals surface area contributed by atoms with Gasteiger partial charge in [0.2, 0.25) is 0 Å². The Bertz CT molecular complexity index is 195. The molecule has 0 saturated heterocycles. The summed E-state index contributed by atoms with van der Waals surface area (Å²) < 4.78 is 4.79. The number of ether oxygens (including phenoxy) is 1. The molecule has 0 aliphatic heterocycles. The lowest BCUT2D eigenvalue weighted by Crippen LogP contribution is -2.36. The lowest BCUT2D eigenvalue weighted by Gasteiger charge is -2.07. The van der Waals surface area contributed by atoms with Crippen molar-refractivity contribution in [3.05, 3.63) is 12.7 Å². The van der Waals surface area contributed by atoms with Gasteiger partial charge in [-0.25, -0.2) is 0 Å². The fraction of sp³-hybridized carbons (Fsp3) is 0.625. The van der Waals surface area contributed by atoms with E-state index in [-0.39, 0.29) is 24.3 Å². The molecule has 0 bridgehead atoms. The van der Waals surface area contributed by atoms with Crippen molar-refractivity contribution in [3.8, 4) is 0 Å². The van der Waals surface area contributed by atoms with Crippen molar-refractivity contribution in [3.63, 3.8) is 0 Å². The molecule has 70 valence electrons. The molecule has 4 heteroatoms. The fourth-order valence-electron chi connectivity index (χ4n) is 1.10. The minimum Gasteiger partial charge on any atom is -0.465 e. The van der Waals surface area contributed by atoms with Crippen LogP contribution in [0, 0.1) is 5.92 Å². The number of halogens is 1. The Morgan fingerprint density at radius 2 is 2.50 bits per heavy atom. The van der Waals surface area contributed by atoms with Crippen LogP contribution in [0.3, 0.4) is 0 Å². The predicted octanol–water partition coefficient (Wildman–Crippen LogP) is 0.875. The van der Waals surface area contributed by atoms with E-state index in [0.717, 1.165) is 0 Å². The van der Waals surface area contributed by atoms with Gasteiger partial charge in [-0.05, 0) is 13.3 Å². The number of carbonyl (C=O) groups excluding carboxylic acids is 1. The summed E-state index contributed by atoms with van der Waals surface area (Å²) >= 11 is 0. The minimum atomic E-state index is -0.752. The monoisotopic (exact) mass is 191 g/mol. The van der Waals surface area contributed by atoms with Crippen molar-refractivity contribution in [2.75, 3.05) is 6.61 Å². The number of hydrogen-bond donors (Lipinski definition) is 1. The Kier molecular flexibility index (Phi) is 3.74. The molecule has 1 saturated carbocycles. The van der Waals surface area contributed by atoms with E-state index >= 15 is 0 Å². The quantitative estimate of drug-likeness (QED) is 0.532. The van der Waals surface area contributed by atoms with Crippen LogP contribution in [-0.2, 0) is 9.53 Å². The van der Waals surface area contributed by atoms with Crippen LogP contribution < -0.4 is 5.73 Å². The molecule has 0 spiro atoms. The van der Waals surface area contributed by atoms with Crippen molar-refractivity contribution >= 4 is 18.4 Å². The minimum absolute atomic E-state index is 0. The van der Waals surface area contributed by atoms with Crippen LogP contribution in [0.5, 0.6) is 0 Å². The van der Waals surface area contributed by atoms with Gasteiger partial charge in [0.15, 0.2) is 0 Å². The maximum absolute atomic E-state index is 11.1. The van der Waals surface area contributed by atoms with Crippen molar-refractivity contribution in [2.24, 2.45) is 11.7 Å². The van der Waals surface area contributed by atoms with Gasteiger partial charge in [0.25, 0.3) is 0 Å². The lowest BCUT2D eigenvalue weighted by molar-refractivity contribution is -0.146. The molecule has 1 aliphatic carbocycles. The summed E-state index contributed by atoms with van der Waals surface area (Å²) in [5.41, 5.74) is 4.93. The van der Waals surface area contributed by atoms with Gasteiger partial charge in [-0.2, -0.15) is 0 Å². The molecule has 12 heavy (non-hydrogen) atoms. The van der Waals surface area contributed by atoms with Gasteiger partial charge in [-0.15, -0.1) is 19.0 Å². The van der Waals surface area contributed by atoms with E-state index in [1.54, 1.807) is 13.0 Å². The first-order valence-electron chi connectivity index (χ1n) is 3.73. The SMILES string of the molecule is C=C[C@@H]1C[C@]1(N)C(=O)OCC.Cl. The Hall–Kier alpha value is -0.540. The smallest absolute Gasteiger partial charge is 0.326 e. The molecule has 2 N–H and O–H groups in total. The maximum atomic E-state index is 11.1. The van der Waals surface area contributed by atoms with E-state index in [1.165, 1.54) is 0 Å². The van der Waals surface area contributed by atoms with Gasteiger partial charge in [0.05, 0.1) is 6.61 Å². The largest absolute Gasteiger partial charge is 0.465 e. The van der Waals surface area contributed by atoms with E-state index in [0.29, 0.717) is 13.0 Å². The number of esters is 1. The zero-order valence-electron chi connectivity index (χ0n) is 7.08. The first-order chi connectivity index (χ1) is 5.15. The Balaban J connectivity index is 0.00000121. The lowest BCUT2D eigenvalue weighted by atomic mass is 10.2. The molecule has 1 aliphatic rings. The summed E-state index contributed by atoms with van der Waals surface area (Å²) in [6, 6.07) is 0. The molecule has 0 aromatic rings. The van der Waals surface area contributed by atoms with E-state index in [4.69, 9.17) is 10.5 Å². The normalized spacial score (nSPS) is 31.7. The van der Waals surface area contributed by atoms with Crippen molar-refractivity contribution in [1.29, 1.82) is 0 Å². The second-order valence-corrected chi connectivity index (χ2v) is 2.81. The molecule has 0 aromatic carbocycles. The number of carbonyl (C=O) groups is 1. The molecule has 0 unspecified atom stereocenters. The second-order valence-electron chi connectivity index (χ2n) is 2.81. The van der Waals surface area contributed by atoms with Crippen molar-refractivity contribution < 1.29 is 9.53 Å². The van der Waals surface area contributed by atoms with Gasteiger partial charge in [0.1, 0.15) is 5.54 Å². The van der Waals surface area contributed by atoms with Crippen LogP contribution in [0.25, 0.3) is 0 Å². The summed E-state index contributed by atoms with van der Waals surface area (Å²) in [4.78, 5) is 11.1. The standard InChI is InChI=1S/C8H13NO2.ClH/c1-3-6-5-8(6,9)7(10)11-4-2;/h3,6H,1,4-5,9H2,2H3;1H/t6-,8-;/m1./s1. The van der Waals surface area contributed by atoms with Gasteiger partial charge >= 0.3 is 5.97 Å². The summed E-state index contributed by atoms with van der Waals surface area (Å²) in [7, 11) is 0. The third-order valence-corrected chi connectivity index (χ3v) is 2.00. The highest BCUT2D eigenvalue weighted by molar-refractivity contribution is 5.85. The third-order valence-electron chi connectivity index (χ3n) is 2.00. The zero-order chi connectivity index (χ0) is 8.48. The van der Waals surface area contributed by atoms with Crippen LogP contribution >= 0.6 is 12.4 Å². The average Bonchev–Trinajstić information content (AvgIpc) is 2.64. The van der Waals surface area contributed by atoms with Gasteiger partial charge < -0.3 is 10.5 Å². The summed E-state index contributed by atoms with van der Waals surface area (Å²) in [6.45, 7) is 5.73. The molecule has 0 aromatic heterocycles. The Morgan fingerprint density at radius 3 is 2.83 bits per heavy atom. The highest BCUT2D eigenvalue weighted by atomic mass is 35.5. The topological polar surface area (TPSA) is 52.3 Å². The van der Waals surface area contributed by atoms with Crippen LogP contribution in [0.4, 0.5) is 0 Å². The second kappa shape index (κ2) is 3.92. The molecule has 0 heterocycles. The average molecular weight is 192 g/mol.